The number of anilines is 1. The number of rotatable bonds is 12. The molecule has 1 aromatic heterocycles. The number of aromatic nitrogens is 3. The number of phosphoric acid groups is 1. The van der Waals surface area contributed by atoms with E-state index in [4.69, 9.17) is 40.2 Å². The standard InChI is InChI=1S/C26H38N7O8P/c1-26(2)39-21-15(12-19(22(21)40-26)33-14-30-24(32-33)23(29)34)8-10-37-42(36)38-13-16-11-17(6-7-20(16)41-42)31-25(35)18(28)5-3-4-9-27/h6-7,11,14-15,18-19,21-22H,3-5,8-10,12-13,27-28H2,1-2H3,(H2,29,34)(H,31,35)/t15-,18-,19+,21+,22-,42?/m0/s1. The van der Waals surface area contributed by atoms with Gasteiger partial charge in [-0.1, -0.05) is 6.42 Å². The molecule has 1 aliphatic carbocycles. The molecule has 0 spiro atoms. The van der Waals surface area contributed by atoms with Crippen LogP contribution in [0.15, 0.2) is 24.5 Å². The highest BCUT2D eigenvalue weighted by Gasteiger charge is 2.55. The third-order valence-corrected chi connectivity index (χ3v) is 8.95. The Morgan fingerprint density at radius 1 is 1.26 bits per heavy atom. The molecule has 2 aromatic rings. The molecule has 42 heavy (non-hydrogen) atoms. The Balaban J connectivity index is 1.16. The summed E-state index contributed by atoms with van der Waals surface area (Å²) in [6.07, 6.45) is 4.07. The Morgan fingerprint density at radius 3 is 2.79 bits per heavy atom. The maximum atomic E-state index is 13.2. The number of fused-ring (bicyclic) bond motifs is 2. The van der Waals surface area contributed by atoms with Crippen LogP contribution in [0.25, 0.3) is 0 Å². The minimum absolute atomic E-state index is 0.0191. The van der Waals surface area contributed by atoms with E-state index in [1.54, 1.807) is 22.9 Å². The second-order valence-corrected chi connectivity index (χ2v) is 12.8. The summed E-state index contributed by atoms with van der Waals surface area (Å²) in [5, 5.41) is 7.00. The molecule has 15 nitrogen and oxygen atoms in total. The van der Waals surface area contributed by atoms with Crippen LogP contribution in [0.4, 0.5) is 5.69 Å². The van der Waals surface area contributed by atoms with Gasteiger partial charge in [-0.05, 0) is 70.2 Å². The van der Waals surface area contributed by atoms with E-state index in [0.29, 0.717) is 42.8 Å². The molecular weight excluding hydrogens is 569 g/mol. The van der Waals surface area contributed by atoms with Crippen molar-refractivity contribution in [2.24, 2.45) is 23.1 Å². The lowest BCUT2D eigenvalue weighted by Gasteiger charge is -2.26. The van der Waals surface area contributed by atoms with Crippen LogP contribution in [0, 0.1) is 5.92 Å². The van der Waals surface area contributed by atoms with Crippen molar-refractivity contribution in [2.45, 2.75) is 82.6 Å². The monoisotopic (exact) mass is 607 g/mol. The molecule has 1 saturated carbocycles. The van der Waals surface area contributed by atoms with Crippen LogP contribution in [-0.4, -0.2) is 63.8 Å². The molecule has 7 N–H and O–H groups in total. The van der Waals surface area contributed by atoms with Crippen LogP contribution < -0.4 is 27.0 Å². The molecule has 1 saturated heterocycles. The van der Waals surface area contributed by atoms with Gasteiger partial charge in [0.1, 0.15) is 18.2 Å². The highest BCUT2D eigenvalue weighted by atomic mass is 31.2. The maximum absolute atomic E-state index is 13.2. The lowest BCUT2D eigenvalue weighted by atomic mass is 10.0. The van der Waals surface area contributed by atoms with Crippen molar-refractivity contribution < 1.29 is 37.2 Å². The van der Waals surface area contributed by atoms with Gasteiger partial charge < -0.3 is 36.5 Å². The molecule has 0 bridgehead atoms. The Morgan fingerprint density at radius 2 is 2.05 bits per heavy atom. The molecule has 5 rings (SSSR count). The second-order valence-electron chi connectivity index (χ2n) is 11.2. The SMILES string of the molecule is CC1(C)O[C@@H]2[C@@H](CCOP3(=O)OCc4cc(NC(=O)[C@@H](N)CCCCN)ccc4O3)C[C@@H](n3cnc(C(N)=O)n3)[C@@H]2O1. The first kappa shape index (κ1) is 30.5. The molecule has 1 aromatic carbocycles. The predicted octanol–water partition coefficient (Wildman–Crippen LogP) is 1.98. The van der Waals surface area contributed by atoms with E-state index in [9.17, 15) is 14.2 Å². The minimum atomic E-state index is -3.88. The van der Waals surface area contributed by atoms with E-state index in [0.717, 1.165) is 12.8 Å². The molecule has 0 radical (unpaired) electrons. The number of benzene rings is 1. The lowest BCUT2D eigenvalue weighted by Crippen LogP contribution is -2.35. The number of ether oxygens (including phenoxy) is 2. The van der Waals surface area contributed by atoms with Crippen molar-refractivity contribution in [3.05, 3.63) is 35.9 Å². The van der Waals surface area contributed by atoms with E-state index in [2.05, 4.69) is 15.4 Å². The molecule has 16 heteroatoms. The van der Waals surface area contributed by atoms with Crippen molar-refractivity contribution >= 4 is 25.3 Å². The van der Waals surface area contributed by atoms with Crippen LogP contribution >= 0.6 is 7.82 Å². The molecule has 3 aliphatic rings. The van der Waals surface area contributed by atoms with Gasteiger partial charge in [0, 0.05) is 11.3 Å². The van der Waals surface area contributed by atoms with Gasteiger partial charge in [-0.3, -0.25) is 18.6 Å². The van der Waals surface area contributed by atoms with Gasteiger partial charge in [0.2, 0.25) is 11.7 Å². The largest absolute Gasteiger partial charge is 0.530 e. The number of hydrogen-bond donors (Lipinski definition) is 4. The Labute approximate surface area is 243 Å². The van der Waals surface area contributed by atoms with Crippen LogP contribution in [0.1, 0.15) is 68.2 Å². The summed E-state index contributed by atoms with van der Waals surface area (Å²) in [5.74, 6) is -1.57. The second kappa shape index (κ2) is 12.4. The maximum Gasteiger partial charge on any atom is 0.530 e. The zero-order chi connectivity index (χ0) is 30.1. The average molecular weight is 608 g/mol. The van der Waals surface area contributed by atoms with Gasteiger partial charge in [0.15, 0.2) is 5.79 Å². The Kier molecular flexibility index (Phi) is 8.99. The molecule has 2 fully saturated rings. The predicted molar refractivity (Wildman–Crippen MR) is 149 cm³/mol. The van der Waals surface area contributed by atoms with Crippen molar-refractivity contribution in [3.8, 4) is 5.75 Å². The van der Waals surface area contributed by atoms with Crippen LogP contribution in [0.3, 0.4) is 0 Å². The van der Waals surface area contributed by atoms with Gasteiger partial charge in [-0.2, -0.15) is 0 Å². The summed E-state index contributed by atoms with van der Waals surface area (Å²) in [5.41, 5.74) is 17.9. The number of unbranched alkanes of at least 4 members (excludes halogenated alkanes) is 1. The Bertz CT molecular complexity index is 1350. The van der Waals surface area contributed by atoms with Crippen molar-refractivity contribution in [2.75, 3.05) is 18.5 Å². The number of nitrogens with two attached hydrogens (primary N) is 3. The van der Waals surface area contributed by atoms with E-state index in [1.807, 2.05) is 13.8 Å². The number of hydrogen-bond acceptors (Lipinski definition) is 12. The van der Waals surface area contributed by atoms with Gasteiger partial charge >= 0.3 is 7.82 Å². The molecule has 2 amide bonds. The minimum Gasteiger partial charge on any atom is -0.404 e. The van der Waals surface area contributed by atoms with E-state index < -0.39 is 25.6 Å². The summed E-state index contributed by atoms with van der Waals surface area (Å²) in [7, 11) is -3.88. The molecule has 6 atom stereocenters. The third kappa shape index (κ3) is 6.83. The lowest BCUT2D eigenvalue weighted by molar-refractivity contribution is -0.161. The fourth-order valence-electron chi connectivity index (χ4n) is 5.55. The van der Waals surface area contributed by atoms with Gasteiger partial charge in [0.05, 0.1) is 31.4 Å². The molecule has 3 heterocycles. The summed E-state index contributed by atoms with van der Waals surface area (Å²) in [6.45, 7) is 4.28. The van der Waals surface area contributed by atoms with Crippen molar-refractivity contribution in [3.63, 3.8) is 0 Å². The first-order valence-corrected chi connectivity index (χ1v) is 15.5. The molecule has 230 valence electrons. The molecule has 1 unspecified atom stereocenters. The topological polar surface area (TPSA) is 218 Å². The zero-order valence-corrected chi connectivity index (χ0v) is 24.5. The summed E-state index contributed by atoms with van der Waals surface area (Å²) in [4.78, 5) is 27.9. The normalized spacial score (nSPS) is 28.5. The number of nitrogens with zero attached hydrogens (tertiary/aromatic N) is 3. The number of nitrogens with one attached hydrogen (secondary N) is 1. The quantitative estimate of drug-likeness (QED) is 0.201. The highest BCUT2D eigenvalue weighted by molar-refractivity contribution is 7.49. The van der Waals surface area contributed by atoms with Crippen LogP contribution in [-0.2, 0) is 34.5 Å². The molecular formula is C26H38N7O8P. The van der Waals surface area contributed by atoms with Gasteiger partial charge in [-0.25, -0.2) is 14.2 Å². The zero-order valence-electron chi connectivity index (χ0n) is 23.6. The number of carbonyl (C=O) groups is 2. The third-order valence-electron chi connectivity index (χ3n) is 7.58. The first-order chi connectivity index (χ1) is 20.0. The summed E-state index contributed by atoms with van der Waals surface area (Å²) in [6, 6.07) is 4.07. The number of phosphoric ester groups is 1. The smallest absolute Gasteiger partial charge is 0.404 e. The average Bonchev–Trinajstić information content (AvgIpc) is 3.63. The van der Waals surface area contributed by atoms with Crippen molar-refractivity contribution in [1.29, 1.82) is 0 Å². The number of primary amides is 1. The van der Waals surface area contributed by atoms with Crippen LogP contribution in [0.5, 0.6) is 5.75 Å². The summed E-state index contributed by atoms with van der Waals surface area (Å²) < 4.78 is 44.0. The van der Waals surface area contributed by atoms with Crippen molar-refractivity contribution in [1.82, 2.24) is 14.8 Å². The fraction of sp³-hybridized carbons (Fsp3) is 0.615. The van der Waals surface area contributed by atoms with Gasteiger partial charge in [0.25, 0.3) is 5.91 Å². The van der Waals surface area contributed by atoms with Crippen LogP contribution in [0.2, 0.25) is 0 Å². The van der Waals surface area contributed by atoms with E-state index in [-0.39, 0.29) is 49.1 Å². The Hall–Kier alpha value is -2.91. The highest BCUT2D eigenvalue weighted by Crippen LogP contribution is 2.55. The fourth-order valence-corrected chi connectivity index (χ4v) is 6.78. The number of amides is 2. The summed E-state index contributed by atoms with van der Waals surface area (Å²) >= 11 is 0. The molecule has 2 aliphatic heterocycles. The van der Waals surface area contributed by atoms with E-state index >= 15 is 0 Å². The first-order valence-electron chi connectivity index (χ1n) is 14.0. The van der Waals surface area contributed by atoms with Gasteiger partial charge in [-0.15, -0.1) is 5.10 Å². The van der Waals surface area contributed by atoms with E-state index in [1.165, 1.54) is 6.33 Å². The number of carbonyl (C=O) groups excluding carboxylic acids is 2.